The van der Waals surface area contributed by atoms with E-state index in [1.165, 1.54) is 12.3 Å². The van der Waals surface area contributed by atoms with E-state index >= 15 is 0 Å². The number of rotatable bonds is 3. The maximum Gasteiger partial charge on any atom is 0.223 e. The molecule has 0 amide bonds. The van der Waals surface area contributed by atoms with Crippen LogP contribution in [0.5, 0.6) is 5.88 Å². The molecule has 0 saturated heterocycles. The van der Waals surface area contributed by atoms with Crippen LogP contribution in [0, 0.1) is 0 Å². The standard InChI is InChI=1S/C14H17N5O2/c20-10-3-1-9(2-4-10)17-14-16-7-5-11(18-14)13-15-8-6-12(21)19-13/h5-10,20H,1-4H2,(H,15,19,21)(H,16,17,18)/t9-,10+. The van der Waals surface area contributed by atoms with Gasteiger partial charge in [0.05, 0.1) is 6.10 Å². The number of hydrogen-bond donors (Lipinski definition) is 3. The smallest absolute Gasteiger partial charge is 0.223 e. The third-order valence-electron chi connectivity index (χ3n) is 3.56. The molecule has 1 aliphatic carbocycles. The van der Waals surface area contributed by atoms with Crippen molar-refractivity contribution in [1.29, 1.82) is 0 Å². The SMILES string of the molecule is Oc1ccnc(-c2ccnc(N[C@H]3CC[C@@H](O)CC3)n2)n1. The van der Waals surface area contributed by atoms with Crippen molar-refractivity contribution in [2.24, 2.45) is 0 Å². The molecule has 0 unspecified atom stereocenters. The average molecular weight is 287 g/mol. The van der Waals surface area contributed by atoms with Crippen LogP contribution < -0.4 is 5.32 Å². The minimum absolute atomic E-state index is 0.0885. The zero-order valence-corrected chi connectivity index (χ0v) is 11.5. The quantitative estimate of drug-likeness (QED) is 0.782. The van der Waals surface area contributed by atoms with Crippen molar-refractivity contribution >= 4 is 5.95 Å². The summed E-state index contributed by atoms with van der Waals surface area (Å²) in [6.45, 7) is 0. The highest BCUT2D eigenvalue weighted by atomic mass is 16.3. The molecule has 3 N–H and O–H groups in total. The topological polar surface area (TPSA) is 104 Å². The van der Waals surface area contributed by atoms with E-state index < -0.39 is 0 Å². The Hall–Kier alpha value is -2.28. The van der Waals surface area contributed by atoms with Gasteiger partial charge in [-0.25, -0.2) is 15.0 Å². The Labute approximate surface area is 122 Å². The van der Waals surface area contributed by atoms with Gasteiger partial charge in [-0.3, -0.25) is 0 Å². The van der Waals surface area contributed by atoms with E-state index in [9.17, 15) is 10.2 Å². The van der Waals surface area contributed by atoms with Gasteiger partial charge in [-0.15, -0.1) is 0 Å². The summed E-state index contributed by atoms with van der Waals surface area (Å²) in [5.41, 5.74) is 0.555. The molecule has 0 bridgehead atoms. The number of nitrogens with zero attached hydrogens (tertiary/aromatic N) is 4. The Morgan fingerprint density at radius 2 is 1.76 bits per heavy atom. The molecule has 0 radical (unpaired) electrons. The molecule has 3 rings (SSSR count). The Balaban J connectivity index is 1.74. The Morgan fingerprint density at radius 3 is 2.52 bits per heavy atom. The molecular formula is C14H17N5O2. The third-order valence-corrected chi connectivity index (χ3v) is 3.56. The van der Waals surface area contributed by atoms with E-state index in [1.807, 2.05) is 0 Å². The number of aromatic nitrogens is 4. The summed E-state index contributed by atoms with van der Waals surface area (Å²) in [4.78, 5) is 16.6. The van der Waals surface area contributed by atoms with E-state index in [1.54, 1.807) is 12.3 Å². The first-order valence-corrected chi connectivity index (χ1v) is 7.01. The highest BCUT2D eigenvalue weighted by molar-refractivity contribution is 5.51. The van der Waals surface area contributed by atoms with Crippen LogP contribution >= 0.6 is 0 Å². The monoisotopic (exact) mass is 287 g/mol. The molecule has 0 atom stereocenters. The molecule has 7 nitrogen and oxygen atoms in total. The molecule has 0 aliphatic heterocycles. The van der Waals surface area contributed by atoms with Crippen LogP contribution in [0.4, 0.5) is 5.95 Å². The van der Waals surface area contributed by atoms with E-state index in [-0.39, 0.29) is 18.0 Å². The van der Waals surface area contributed by atoms with Crippen molar-refractivity contribution in [3.05, 3.63) is 24.5 Å². The molecule has 2 aromatic heterocycles. The molecule has 7 heteroatoms. The van der Waals surface area contributed by atoms with Gasteiger partial charge in [0.2, 0.25) is 11.8 Å². The van der Waals surface area contributed by atoms with E-state index in [0.29, 0.717) is 17.5 Å². The second kappa shape index (κ2) is 6.01. The molecule has 2 heterocycles. The largest absolute Gasteiger partial charge is 0.493 e. The summed E-state index contributed by atoms with van der Waals surface area (Å²) < 4.78 is 0. The number of aliphatic hydroxyl groups excluding tert-OH is 1. The van der Waals surface area contributed by atoms with Gasteiger partial charge in [-0.05, 0) is 31.7 Å². The van der Waals surface area contributed by atoms with Crippen LogP contribution in [0.15, 0.2) is 24.5 Å². The fraction of sp³-hybridized carbons (Fsp3) is 0.429. The van der Waals surface area contributed by atoms with Gasteiger partial charge in [0.25, 0.3) is 0 Å². The van der Waals surface area contributed by atoms with E-state index in [2.05, 4.69) is 25.3 Å². The predicted octanol–water partition coefficient (Wildman–Crippen LogP) is 1.35. The Kier molecular flexibility index (Phi) is 3.92. The zero-order chi connectivity index (χ0) is 14.7. The summed E-state index contributed by atoms with van der Waals surface area (Å²) in [5, 5.41) is 22.2. The lowest BCUT2D eigenvalue weighted by molar-refractivity contribution is 0.126. The van der Waals surface area contributed by atoms with Crippen molar-refractivity contribution < 1.29 is 10.2 Å². The van der Waals surface area contributed by atoms with Crippen molar-refractivity contribution in [3.63, 3.8) is 0 Å². The van der Waals surface area contributed by atoms with Crippen LogP contribution in [0.2, 0.25) is 0 Å². The van der Waals surface area contributed by atoms with Crippen molar-refractivity contribution in [2.45, 2.75) is 37.8 Å². The molecule has 21 heavy (non-hydrogen) atoms. The number of hydrogen-bond acceptors (Lipinski definition) is 7. The summed E-state index contributed by atoms with van der Waals surface area (Å²) in [6, 6.07) is 3.38. The second-order valence-electron chi connectivity index (χ2n) is 5.15. The first-order chi connectivity index (χ1) is 10.2. The minimum Gasteiger partial charge on any atom is -0.493 e. The van der Waals surface area contributed by atoms with Gasteiger partial charge in [0.1, 0.15) is 5.69 Å². The highest BCUT2D eigenvalue weighted by Crippen LogP contribution is 2.21. The molecule has 0 aromatic carbocycles. The van der Waals surface area contributed by atoms with Gasteiger partial charge in [0.15, 0.2) is 5.82 Å². The van der Waals surface area contributed by atoms with Crippen LogP contribution in [0.3, 0.4) is 0 Å². The molecule has 0 spiro atoms. The highest BCUT2D eigenvalue weighted by Gasteiger charge is 2.20. The number of nitrogens with one attached hydrogen (secondary N) is 1. The minimum atomic E-state index is -0.184. The van der Waals surface area contributed by atoms with Gasteiger partial charge in [0, 0.05) is 24.5 Å². The van der Waals surface area contributed by atoms with Gasteiger partial charge < -0.3 is 15.5 Å². The maximum absolute atomic E-state index is 9.51. The lowest BCUT2D eigenvalue weighted by Crippen LogP contribution is -2.28. The zero-order valence-electron chi connectivity index (χ0n) is 11.5. The summed E-state index contributed by atoms with van der Waals surface area (Å²) in [5.74, 6) is 0.787. The predicted molar refractivity (Wildman–Crippen MR) is 76.6 cm³/mol. The van der Waals surface area contributed by atoms with Crippen molar-refractivity contribution in [1.82, 2.24) is 19.9 Å². The summed E-state index contributed by atoms with van der Waals surface area (Å²) >= 11 is 0. The third kappa shape index (κ3) is 3.43. The average Bonchev–Trinajstić information content (AvgIpc) is 2.50. The van der Waals surface area contributed by atoms with Gasteiger partial charge in [-0.1, -0.05) is 0 Å². The second-order valence-corrected chi connectivity index (χ2v) is 5.15. The maximum atomic E-state index is 9.51. The first kappa shape index (κ1) is 13.7. The Morgan fingerprint density at radius 1 is 1.00 bits per heavy atom. The van der Waals surface area contributed by atoms with Crippen molar-refractivity contribution in [2.75, 3.05) is 5.32 Å². The fourth-order valence-electron chi connectivity index (χ4n) is 2.43. The number of aromatic hydroxyl groups is 1. The normalized spacial score (nSPS) is 22.0. The number of anilines is 1. The van der Waals surface area contributed by atoms with Crippen LogP contribution in [0.1, 0.15) is 25.7 Å². The lowest BCUT2D eigenvalue weighted by atomic mass is 9.93. The Bertz CT molecular complexity index is 614. The number of aliphatic hydroxyl groups is 1. The van der Waals surface area contributed by atoms with Crippen LogP contribution in [-0.4, -0.2) is 42.3 Å². The lowest BCUT2D eigenvalue weighted by Gasteiger charge is -2.26. The summed E-state index contributed by atoms with van der Waals surface area (Å²) in [6.07, 6.45) is 6.33. The van der Waals surface area contributed by atoms with E-state index in [4.69, 9.17) is 0 Å². The van der Waals surface area contributed by atoms with Crippen molar-refractivity contribution in [3.8, 4) is 17.4 Å². The molecule has 2 aromatic rings. The molecule has 1 fully saturated rings. The van der Waals surface area contributed by atoms with Gasteiger partial charge >= 0.3 is 0 Å². The van der Waals surface area contributed by atoms with Crippen LogP contribution in [-0.2, 0) is 0 Å². The summed E-state index contributed by atoms with van der Waals surface area (Å²) in [7, 11) is 0. The van der Waals surface area contributed by atoms with Crippen LogP contribution in [0.25, 0.3) is 11.5 Å². The molecule has 1 saturated carbocycles. The molecule has 110 valence electrons. The first-order valence-electron chi connectivity index (χ1n) is 7.01. The molecular weight excluding hydrogens is 270 g/mol. The fourth-order valence-corrected chi connectivity index (χ4v) is 2.43. The molecule has 1 aliphatic rings. The van der Waals surface area contributed by atoms with E-state index in [0.717, 1.165) is 25.7 Å². The van der Waals surface area contributed by atoms with Gasteiger partial charge in [-0.2, -0.15) is 4.98 Å².